The molecule has 1 aliphatic rings. The van der Waals surface area contributed by atoms with E-state index in [0.29, 0.717) is 23.9 Å². The molecule has 0 spiro atoms. The molecule has 6 heteroatoms. The lowest BCUT2D eigenvalue weighted by molar-refractivity contribution is 0.341. The Labute approximate surface area is 132 Å². The monoisotopic (exact) mass is 330 g/mol. The summed E-state index contributed by atoms with van der Waals surface area (Å²) < 4.78 is 27.6. The van der Waals surface area contributed by atoms with Crippen molar-refractivity contribution in [1.82, 2.24) is 9.62 Å². The first-order valence-corrected chi connectivity index (χ1v) is 10.1. The smallest absolute Gasteiger partial charge is 0.244 e. The van der Waals surface area contributed by atoms with Crippen LogP contribution in [0.25, 0.3) is 0 Å². The second kappa shape index (κ2) is 7.22. The second-order valence-electron chi connectivity index (χ2n) is 6.00. The minimum absolute atomic E-state index is 0.00644. The van der Waals surface area contributed by atoms with E-state index in [0.717, 1.165) is 30.7 Å². The lowest BCUT2D eigenvalue weighted by Crippen LogP contribution is -2.38. The van der Waals surface area contributed by atoms with Gasteiger partial charge in [0, 0.05) is 24.0 Å². The molecule has 0 unspecified atom stereocenters. The average Bonchev–Trinajstić information content (AvgIpc) is 3.12. The summed E-state index contributed by atoms with van der Waals surface area (Å²) in [4.78, 5) is 1.41. The van der Waals surface area contributed by atoms with Crippen molar-refractivity contribution in [2.45, 2.75) is 57.5 Å². The molecule has 1 aliphatic carbocycles. The fourth-order valence-electron chi connectivity index (χ4n) is 2.33. The van der Waals surface area contributed by atoms with Crippen molar-refractivity contribution in [3.8, 4) is 0 Å². The lowest BCUT2D eigenvalue weighted by atomic mass is 10.3. The van der Waals surface area contributed by atoms with Crippen LogP contribution < -0.4 is 5.32 Å². The molecule has 0 atom stereocenters. The van der Waals surface area contributed by atoms with Gasteiger partial charge in [0.25, 0.3) is 0 Å². The molecule has 0 aliphatic heterocycles. The first-order valence-electron chi connectivity index (χ1n) is 7.75. The maximum atomic E-state index is 13.0. The predicted octanol–water partition coefficient (Wildman–Crippen LogP) is 3.06. The zero-order valence-corrected chi connectivity index (χ0v) is 14.8. The van der Waals surface area contributed by atoms with Gasteiger partial charge in [0.1, 0.15) is 0 Å². The van der Waals surface area contributed by atoms with Gasteiger partial charge in [-0.3, -0.25) is 0 Å². The van der Waals surface area contributed by atoms with Crippen LogP contribution in [0.2, 0.25) is 0 Å². The van der Waals surface area contributed by atoms with Crippen molar-refractivity contribution in [3.05, 3.63) is 16.3 Å². The van der Waals surface area contributed by atoms with Crippen molar-refractivity contribution >= 4 is 21.4 Å². The zero-order valence-electron chi connectivity index (χ0n) is 13.1. The standard InChI is InChI=1S/C15H26N2O2S2/c1-4-8-16-10-14-15(7-9-20-14)21(18,19)17(12(2)3)11-13-5-6-13/h7,9,12-13,16H,4-6,8,10-11H2,1-3H3. The molecule has 21 heavy (non-hydrogen) atoms. The molecule has 1 saturated carbocycles. The highest BCUT2D eigenvalue weighted by Crippen LogP contribution is 2.34. The second-order valence-corrected chi connectivity index (χ2v) is 8.86. The summed E-state index contributed by atoms with van der Waals surface area (Å²) in [6.07, 6.45) is 3.37. The summed E-state index contributed by atoms with van der Waals surface area (Å²) in [5.41, 5.74) is 0. The number of sulfonamides is 1. The molecule has 0 aromatic carbocycles. The van der Waals surface area contributed by atoms with Gasteiger partial charge in [-0.2, -0.15) is 4.31 Å². The van der Waals surface area contributed by atoms with Gasteiger partial charge in [0.15, 0.2) is 0 Å². The van der Waals surface area contributed by atoms with E-state index in [4.69, 9.17) is 0 Å². The number of hydrogen-bond donors (Lipinski definition) is 1. The van der Waals surface area contributed by atoms with Crippen LogP contribution >= 0.6 is 11.3 Å². The summed E-state index contributed by atoms with van der Waals surface area (Å²) in [6.45, 7) is 8.23. The fraction of sp³-hybridized carbons (Fsp3) is 0.733. The van der Waals surface area contributed by atoms with Gasteiger partial charge in [0.2, 0.25) is 10.0 Å². The Bertz CT molecular complexity index is 548. The van der Waals surface area contributed by atoms with E-state index in [2.05, 4.69) is 12.2 Å². The van der Waals surface area contributed by atoms with Crippen LogP contribution in [0, 0.1) is 5.92 Å². The minimum atomic E-state index is -3.38. The number of thiophene rings is 1. The van der Waals surface area contributed by atoms with Gasteiger partial charge >= 0.3 is 0 Å². The molecule has 0 saturated heterocycles. The highest BCUT2D eigenvalue weighted by molar-refractivity contribution is 7.89. The van der Waals surface area contributed by atoms with Crippen molar-refractivity contribution < 1.29 is 8.42 Å². The molecule has 120 valence electrons. The van der Waals surface area contributed by atoms with E-state index in [1.54, 1.807) is 10.4 Å². The molecule has 1 fully saturated rings. The van der Waals surface area contributed by atoms with Gasteiger partial charge in [0.05, 0.1) is 4.90 Å². The van der Waals surface area contributed by atoms with Crippen molar-refractivity contribution in [2.24, 2.45) is 5.92 Å². The Kier molecular flexibility index (Phi) is 5.82. The van der Waals surface area contributed by atoms with E-state index in [-0.39, 0.29) is 6.04 Å². The number of hydrogen-bond acceptors (Lipinski definition) is 4. The van der Waals surface area contributed by atoms with E-state index in [1.807, 2.05) is 19.2 Å². The molecule has 1 heterocycles. The van der Waals surface area contributed by atoms with Crippen molar-refractivity contribution in [3.63, 3.8) is 0 Å². The van der Waals surface area contributed by atoms with Crippen molar-refractivity contribution in [1.29, 1.82) is 0 Å². The highest BCUT2D eigenvalue weighted by Gasteiger charge is 2.34. The summed E-state index contributed by atoms with van der Waals surface area (Å²) in [7, 11) is -3.38. The van der Waals surface area contributed by atoms with E-state index in [9.17, 15) is 8.42 Å². The number of nitrogens with one attached hydrogen (secondary N) is 1. The fourth-order valence-corrected chi connectivity index (χ4v) is 5.43. The molecule has 2 rings (SSSR count). The SMILES string of the molecule is CCCNCc1sccc1S(=O)(=O)N(CC1CC1)C(C)C. The molecular formula is C15H26N2O2S2. The topological polar surface area (TPSA) is 49.4 Å². The average molecular weight is 331 g/mol. The summed E-state index contributed by atoms with van der Waals surface area (Å²) in [5.74, 6) is 0.558. The molecule has 0 radical (unpaired) electrons. The van der Waals surface area contributed by atoms with Gasteiger partial charge < -0.3 is 5.32 Å². The lowest BCUT2D eigenvalue weighted by Gasteiger charge is -2.26. The maximum Gasteiger partial charge on any atom is 0.244 e. The van der Waals surface area contributed by atoms with Crippen LogP contribution in [0.4, 0.5) is 0 Å². The molecule has 0 bridgehead atoms. The Hall–Kier alpha value is -0.430. The molecular weight excluding hydrogens is 304 g/mol. The number of rotatable bonds is 9. The summed E-state index contributed by atoms with van der Waals surface area (Å²) in [6, 6.07) is 1.76. The largest absolute Gasteiger partial charge is 0.312 e. The van der Waals surface area contributed by atoms with E-state index < -0.39 is 10.0 Å². The number of nitrogens with zero attached hydrogens (tertiary/aromatic N) is 1. The van der Waals surface area contributed by atoms with Crippen molar-refractivity contribution in [2.75, 3.05) is 13.1 Å². The van der Waals surface area contributed by atoms with Gasteiger partial charge in [-0.1, -0.05) is 6.92 Å². The van der Waals surface area contributed by atoms with Crippen LogP contribution in [0.3, 0.4) is 0 Å². The van der Waals surface area contributed by atoms with E-state index >= 15 is 0 Å². The first-order chi connectivity index (χ1) is 9.96. The molecule has 1 N–H and O–H groups in total. The van der Waals surface area contributed by atoms with Crippen LogP contribution in [0.1, 0.15) is 44.9 Å². The summed E-state index contributed by atoms with van der Waals surface area (Å²) >= 11 is 1.52. The molecule has 1 aromatic heterocycles. The maximum absolute atomic E-state index is 13.0. The van der Waals surface area contributed by atoms with Gasteiger partial charge in [-0.15, -0.1) is 11.3 Å². The Morgan fingerprint density at radius 3 is 2.71 bits per heavy atom. The summed E-state index contributed by atoms with van der Waals surface area (Å²) in [5, 5.41) is 5.18. The Morgan fingerprint density at radius 2 is 2.14 bits per heavy atom. The highest BCUT2D eigenvalue weighted by atomic mass is 32.2. The Balaban J connectivity index is 2.18. The predicted molar refractivity (Wildman–Crippen MR) is 88.1 cm³/mol. The third-order valence-electron chi connectivity index (χ3n) is 3.71. The Morgan fingerprint density at radius 1 is 1.43 bits per heavy atom. The van der Waals surface area contributed by atoms with Crippen LogP contribution in [-0.4, -0.2) is 31.9 Å². The molecule has 4 nitrogen and oxygen atoms in total. The van der Waals surface area contributed by atoms with Crippen LogP contribution in [0.15, 0.2) is 16.3 Å². The zero-order chi connectivity index (χ0) is 15.5. The minimum Gasteiger partial charge on any atom is -0.312 e. The quantitative estimate of drug-likeness (QED) is 0.708. The van der Waals surface area contributed by atoms with Gasteiger partial charge in [-0.05, 0) is 57.0 Å². The molecule has 0 amide bonds. The van der Waals surface area contributed by atoms with Crippen LogP contribution in [0.5, 0.6) is 0 Å². The third kappa shape index (κ3) is 4.28. The van der Waals surface area contributed by atoms with Gasteiger partial charge in [-0.25, -0.2) is 8.42 Å². The normalized spacial score (nSPS) is 16.0. The third-order valence-corrected chi connectivity index (χ3v) is 6.89. The first kappa shape index (κ1) is 16.9. The van der Waals surface area contributed by atoms with E-state index in [1.165, 1.54) is 11.3 Å². The molecule has 1 aromatic rings. The van der Waals surface area contributed by atoms with Crippen LogP contribution in [-0.2, 0) is 16.6 Å².